The molecule has 0 saturated carbocycles. The molecule has 0 radical (unpaired) electrons. The molecule has 5 heteroatoms. The van der Waals surface area contributed by atoms with E-state index in [1.807, 2.05) is 36.4 Å². The van der Waals surface area contributed by atoms with Crippen molar-refractivity contribution in [3.05, 3.63) is 52.0 Å². The van der Waals surface area contributed by atoms with E-state index in [0.29, 0.717) is 23.9 Å². The highest BCUT2D eigenvalue weighted by molar-refractivity contribution is 7.12. The van der Waals surface area contributed by atoms with Gasteiger partial charge in [0.2, 0.25) is 0 Å². The van der Waals surface area contributed by atoms with Crippen LogP contribution >= 0.6 is 11.3 Å². The fraction of sp³-hybridized carbons (Fsp3) is 0.300. The fourth-order valence-electron chi connectivity index (χ4n) is 2.56. The first-order valence-corrected chi connectivity index (χ1v) is 9.36. The van der Waals surface area contributed by atoms with Gasteiger partial charge in [0.1, 0.15) is 5.82 Å². The number of carbonyl (C=O) groups is 1. The summed E-state index contributed by atoms with van der Waals surface area (Å²) in [6.07, 6.45) is 2.87. The highest BCUT2D eigenvalue weighted by Gasteiger charge is 2.16. The minimum atomic E-state index is -0.0919. The lowest BCUT2D eigenvalue weighted by Crippen LogP contribution is -2.26. The maximum Gasteiger partial charge on any atom is 0.255 e. The summed E-state index contributed by atoms with van der Waals surface area (Å²) in [7, 11) is 0. The lowest BCUT2D eigenvalue weighted by atomic mass is 10.1. The van der Waals surface area contributed by atoms with Crippen LogP contribution in [0.2, 0.25) is 0 Å². The van der Waals surface area contributed by atoms with Crippen LogP contribution in [0.5, 0.6) is 0 Å². The smallest absolute Gasteiger partial charge is 0.255 e. The quantitative estimate of drug-likeness (QED) is 0.635. The van der Waals surface area contributed by atoms with Crippen molar-refractivity contribution in [1.82, 2.24) is 15.3 Å². The first-order valence-electron chi connectivity index (χ1n) is 8.54. The summed E-state index contributed by atoms with van der Waals surface area (Å²) in [5.41, 5.74) is 2.36. The van der Waals surface area contributed by atoms with Crippen molar-refractivity contribution >= 4 is 39.9 Å². The van der Waals surface area contributed by atoms with Crippen LogP contribution in [0.15, 0.2) is 36.4 Å². The van der Waals surface area contributed by atoms with Crippen LogP contribution in [0, 0.1) is 12.8 Å². The molecular formula is C20H23N3OS. The Labute approximate surface area is 152 Å². The number of carbonyl (C=O) groups excluding carboxylic acids is 1. The lowest BCUT2D eigenvalue weighted by Gasteiger charge is -2.08. The number of aryl methyl sites for hydroxylation is 1. The topological polar surface area (TPSA) is 57.8 Å². The van der Waals surface area contributed by atoms with Crippen LogP contribution in [0.4, 0.5) is 0 Å². The summed E-state index contributed by atoms with van der Waals surface area (Å²) in [4.78, 5) is 22.9. The molecule has 0 aliphatic heterocycles. The second-order valence-corrected chi connectivity index (χ2v) is 7.87. The Morgan fingerprint density at radius 2 is 2.08 bits per heavy atom. The SMILES string of the molecule is Cc1ccc(C=C(C(=O)NCCC(C)C)c2nc3ccccc3[nH]2)s1. The van der Waals surface area contributed by atoms with Crippen LogP contribution < -0.4 is 5.32 Å². The zero-order valence-electron chi connectivity index (χ0n) is 14.8. The van der Waals surface area contributed by atoms with Crippen molar-refractivity contribution in [3.63, 3.8) is 0 Å². The van der Waals surface area contributed by atoms with Gasteiger partial charge in [0, 0.05) is 16.3 Å². The molecule has 0 spiro atoms. The standard InChI is InChI=1S/C20H23N3OS/c1-13(2)10-11-21-20(24)16(12-15-9-8-14(3)25-15)19-22-17-6-4-5-7-18(17)23-19/h4-9,12-13H,10-11H2,1-3H3,(H,21,24)(H,22,23). The van der Waals surface area contributed by atoms with E-state index < -0.39 is 0 Å². The van der Waals surface area contributed by atoms with Gasteiger partial charge in [-0.15, -0.1) is 11.3 Å². The number of H-pyrrole nitrogens is 1. The van der Waals surface area contributed by atoms with Crippen molar-refractivity contribution in [3.8, 4) is 0 Å². The zero-order valence-corrected chi connectivity index (χ0v) is 15.6. The zero-order chi connectivity index (χ0) is 17.8. The number of fused-ring (bicyclic) bond motifs is 1. The van der Waals surface area contributed by atoms with E-state index in [-0.39, 0.29) is 5.91 Å². The fourth-order valence-corrected chi connectivity index (χ4v) is 3.39. The molecule has 3 rings (SSSR count). The summed E-state index contributed by atoms with van der Waals surface area (Å²) >= 11 is 1.67. The van der Waals surface area contributed by atoms with Crippen molar-refractivity contribution < 1.29 is 4.79 Å². The molecule has 0 atom stereocenters. The number of hydrogen-bond acceptors (Lipinski definition) is 3. The van der Waals surface area contributed by atoms with E-state index in [2.05, 4.69) is 42.1 Å². The molecule has 1 amide bonds. The Bertz CT molecular complexity index is 871. The van der Waals surface area contributed by atoms with Gasteiger partial charge in [-0.3, -0.25) is 4.79 Å². The Kier molecular flexibility index (Phi) is 5.34. The highest BCUT2D eigenvalue weighted by Crippen LogP contribution is 2.23. The second kappa shape index (κ2) is 7.66. The molecule has 0 fully saturated rings. The first kappa shape index (κ1) is 17.4. The molecule has 130 valence electrons. The number of nitrogens with zero attached hydrogens (tertiary/aromatic N) is 1. The van der Waals surface area contributed by atoms with Crippen LogP contribution in [-0.2, 0) is 4.79 Å². The number of hydrogen-bond donors (Lipinski definition) is 2. The van der Waals surface area contributed by atoms with E-state index >= 15 is 0 Å². The molecule has 0 aliphatic carbocycles. The Balaban J connectivity index is 1.93. The largest absolute Gasteiger partial charge is 0.352 e. The van der Waals surface area contributed by atoms with E-state index in [0.717, 1.165) is 22.3 Å². The van der Waals surface area contributed by atoms with Gasteiger partial charge in [-0.05, 0) is 49.6 Å². The van der Waals surface area contributed by atoms with Crippen molar-refractivity contribution in [2.24, 2.45) is 5.92 Å². The maximum absolute atomic E-state index is 12.8. The van der Waals surface area contributed by atoms with Gasteiger partial charge in [-0.1, -0.05) is 26.0 Å². The number of benzene rings is 1. The number of amides is 1. The summed E-state index contributed by atoms with van der Waals surface area (Å²) in [6, 6.07) is 11.9. The normalized spacial score (nSPS) is 12.1. The Hall–Kier alpha value is -2.40. The van der Waals surface area contributed by atoms with E-state index in [4.69, 9.17) is 0 Å². The summed E-state index contributed by atoms with van der Waals surface area (Å²) in [5, 5.41) is 3.02. The third-order valence-electron chi connectivity index (χ3n) is 3.94. The Morgan fingerprint density at radius 1 is 1.28 bits per heavy atom. The van der Waals surface area contributed by atoms with Crippen molar-refractivity contribution in [2.75, 3.05) is 6.54 Å². The first-order chi connectivity index (χ1) is 12.0. The highest BCUT2D eigenvalue weighted by atomic mass is 32.1. The molecule has 2 N–H and O–H groups in total. The van der Waals surface area contributed by atoms with Gasteiger partial charge >= 0.3 is 0 Å². The van der Waals surface area contributed by atoms with Gasteiger partial charge < -0.3 is 10.3 Å². The summed E-state index contributed by atoms with van der Waals surface area (Å²) < 4.78 is 0. The molecule has 1 aromatic carbocycles. The number of rotatable bonds is 6. The lowest BCUT2D eigenvalue weighted by molar-refractivity contribution is -0.115. The predicted octanol–water partition coefficient (Wildman–Crippen LogP) is 4.64. The Morgan fingerprint density at radius 3 is 2.76 bits per heavy atom. The number of para-hydroxylation sites is 2. The third kappa shape index (κ3) is 4.37. The van der Waals surface area contributed by atoms with Gasteiger partial charge in [-0.2, -0.15) is 0 Å². The van der Waals surface area contributed by atoms with E-state index in [1.54, 1.807) is 11.3 Å². The van der Waals surface area contributed by atoms with Gasteiger partial charge in [0.05, 0.1) is 16.6 Å². The summed E-state index contributed by atoms with van der Waals surface area (Å²) in [5.74, 6) is 1.07. The van der Waals surface area contributed by atoms with Crippen LogP contribution in [-0.4, -0.2) is 22.4 Å². The third-order valence-corrected chi connectivity index (χ3v) is 4.89. The van der Waals surface area contributed by atoms with Gasteiger partial charge in [-0.25, -0.2) is 4.98 Å². The van der Waals surface area contributed by atoms with Crippen LogP contribution in [0.25, 0.3) is 22.7 Å². The van der Waals surface area contributed by atoms with Gasteiger partial charge in [0.15, 0.2) is 0 Å². The molecule has 0 aliphatic rings. The molecule has 0 saturated heterocycles. The molecule has 4 nitrogen and oxygen atoms in total. The minimum absolute atomic E-state index is 0.0919. The van der Waals surface area contributed by atoms with Crippen molar-refractivity contribution in [1.29, 1.82) is 0 Å². The molecular weight excluding hydrogens is 330 g/mol. The number of aromatic amines is 1. The predicted molar refractivity (Wildman–Crippen MR) is 105 cm³/mol. The molecule has 3 aromatic rings. The molecule has 0 unspecified atom stereocenters. The number of thiophene rings is 1. The average Bonchev–Trinajstić information content (AvgIpc) is 3.17. The summed E-state index contributed by atoms with van der Waals surface area (Å²) in [6.45, 7) is 7.02. The average molecular weight is 353 g/mol. The van der Waals surface area contributed by atoms with Crippen LogP contribution in [0.3, 0.4) is 0 Å². The number of imidazole rings is 1. The monoisotopic (exact) mass is 353 g/mol. The van der Waals surface area contributed by atoms with Gasteiger partial charge in [0.25, 0.3) is 5.91 Å². The molecule has 0 bridgehead atoms. The van der Waals surface area contributed by atoms with Crippen LogP contribution in [0.1, 0.15) is 35.8 Å². The molecule has 2 heterocycles. The number of nitrogens with one attached hydrogen (secondary N) is 2. The molecule has 2 aromatic heterocycles. The van der Waals surface area contributed by atoms with E-state index in [9.17, 15) is 4.79 Å². The van der Waals surface area contributed by atoms with Crippen molar-refractivity contribution in [2.45, 2.75) is 27.2 Å². The maximum atomic E-state index is 12.8. The minimum Gasteiger partial charge on any atom is -0.352 e. The van der Waals surface area contributed by atoms with E-state index in [1.165, 1.54) is 4.88 Å². The molecule has 25 heavy (non-hydrogen) atoms. The number of aromatic nitrogens is 2. The second-order valence-electron chi connectivity index (χ2n) is 6.55.